The van der Waals surface area contributed by atoms with Gasteiger partial charge in [-0.1, -0.05) is 30.3 Å². The monoisotopic (exact) mass is 757 g/mol. The largest absolute Gasteiger partial charge is 1.00 e. The molecule has 156 valence electrons. The molecule has 0 heterocycles. The molecule has 1 unspecified atom stereocenters. The van der Waals surface area contributed by atoms with Crippen LogP contribution in [0.15, 0.2) is 36.4 Å². The number of carbonyl (C=O) groups is 2. The predicted molar refractivity (Wildman–Crippen MR) is 134 cm³/mol. The first kappa shape index (κ1) is 28.4. The summed E-state index contributed by atoms with van der Waals surface area (Å²) in [5.41, 5.74) is 1.34. The fraction of sp³-hybridized carbons (Fsp3) is 0.300. The molecule has 2 aromatic rings. The molecule has 6 nitrogen and oxygen atoms in total. The number of nitrogens with zero attached hydrogens (tertiary/aromatic N) is 1. The summed E-state index contributed by atoms with van der Waals surface area (Å²) in [5.74, 6) is -0.690. The molecule has 0 saturated carbocycles. The van der Waals surface area contributed by atoms with Gasteiger partial charge < -0.3 is 24.3 Å². The number of hydrogen-bond donors (Lipinski definition) is 0. The van der Waals surface area contributed by atoms with Crippen LogP contribution in [0.2, 0.25) is 0 Å². The number of aliphatic carboxylic acids is 1. The van der Waals surface area contributed by atoms with E-state index in [2.05, 4.69) is 67.8 Å². The van der Waals surface area contributed by atoms with Crippen LogP contribution in [0, 0.1) is 10.7 Å². The fourth-order valence-corrected chi connectivity index (χ4v) is 6.98. The number of carbonyl (C=O) groups excluding carboxylic acids is 2. The van der Waals surface area contributed by atoms with Crippen LogP contribution in [0.1, 0.15) is 25.5 Å². The van der Waals surface area contributed by atoms with Crippen molar-refractivity contribution in [3.63, 3.8) is 0 Å². The fourth-order valence-electron chi connectivity index (χ4n) is 2.72. The summed E-state index contributed by atoms with van der Waals surface area (Å²) >= 11 is 6.57. The van der Waals surface area contributed by atoms with Crippen molar-refractivity contribution >= 4 is 85.3 Å². The molecule has 0 saturated heterocycles. The van der Waals surface area contributed by atoms with Gasteiger partial charge in [0.1, 0.15) is 18.5 Å². The van der Waals surface area contributed by atoms with Gasteiger partial charge in [0.15, 0.2) is 0 Å². The third-order valence-electron chi connectivity index (χ3n) is 4.00. The van der Waals surface area contributed by atoms with E-state index in [1.807, 2.05) is 13.0 Å². The summed E-state index contributed by atoms with van der Waals surface area (Å²) < 4.78 is 14.1. The zero-order valence-electron chi connectivity index (χ0n) is 16.8. The quantitative estimate of drug-likeness (QED) is 0.215. The van der Waals surface area contributed by atoms with Crippen molar-refractivity contribution in [3.8, 4) is 5.75 Å². The summed E-state index contributed by atoms with van der Waals surface area (Å²) in [7, 11) is 0. The molecule has 1 amide bonds. The van der Waals surface area contributed by atoms with Crippen LogP contribution in [0.3, 0.4) is 0 Å². The molecule has 2 aromatic carbocycles. The van der Waals surface area contributed by atoms with Gasteiger partial charge >= 0.3 is 29.6 Å². The van der Waals surface area contributed by atoms with Gasteiger partial charge in [0.05, 0.1) is 25.4 Å². The number of rotatable bonds is 9. The third-order valence-corrected chi connectivity index (χ3v) is 6.63. The molecule has 0 aliphatic carbocycles. The number of benzene rings is 2. The Labute approximate surface area is 239 Å². The van der Waals surface area contributed by atoms with E-state index >= 15 is 0 Å². The van der Waals surface area contributed by atoms with Gasteiger partial charge in [-0.05, 0) is 86.3 Å². The Kier molecular flexibility index (Phi) is 13.0. The van der Waals surface area contributed by atoms with Crippen LogP contribution < -0.4 is 44.3 Å². The maximum Gasteiger partial charge on any atom is 1.00 e. The zero-order chi connectivity index (χ0) is 21.6. The van der Waals surface area contributed by atoms with Gasteiger partial charge in [0, 0.05) is 17.0 Å². The van der Waals surface area contributed by atoms with E-state index in [0.29, 0.717) is 17.9 Å². The second-order valence-corrected chi connectivity index (χ2v) is 9.33. The van der Waals surface area contributed by atoms with Crippen LogP contribution in [-0.4, -0.2) is 31.6 Å². The van der Waals surface area contributed by atoms with Crippen LogP contribution in [0.5, 0.6) is 5.75 Å². The van der Waals surface area contributed by atoms with E-state index < -0.39 is 12.1 Å². The van der Waals surface area contributed by atoms with E-state index in [4.69, 9.17) is 9.47 Å². The molecule has 0 radical (unpaired) electrons. The van der Waals surface area contributed by atoms with Crippen molar-refractivity contribution in [2.75, 3.05) is 24.7 Å². The molecule has 30 heavy (non-hydrogen) atoms. The number of halogens is 3. The predicted octanol–water partition coefficient (Wildman–Crippen LogP) is 0.764. The molecule has 0 aliphatic heterocycles. The Bertz CT molecular complexity index is 882. The number of carboxylic acids is 1. The van der Waals surface area contributed by atoms with Crippen molar-refractivity contribution in [3.05, 3.63) is 52.7 Å². The number of ether oxygens (including phenoxy) is 2. The molecule has 1 atom stereocenters. The van der Waals surface area contributed by atoms with Gasteiger partial charge in [0.2, 0.25) is 5.91 Å². The molecule has 0 fully saturated rings. The number of carboxylic acid groups (broad SMARTS) is 1. The Balaban J connectivity index is 0.00000450. The molecule has 0 aromatic heterocycles. The van der Waals surface area contributed by atoms with E-state index in [1.54, 1.807) is 35.2 Å². The summed E-state index contributed by atoms with van der Waals surface area (Å²) in [6.45, 7) is 4.24. The molecule has 0 N–H and O–H groups in total. The second kappa shape index (κ2) is 13.8. The van der Waals surface area contributed by atoms with Crippen molar-refractivity contribution in [1.82, 2.24) is 0 Å². The normalized spacial score (nSPS) is 11.4. The minimum atomic E-state index is -1.29. The summed E-state index contributed by atoms with van der Waals surface area (Å²) in [4.78, 5) is 25.1. The topological polar surface area (TPSA) is 78.9 Å². The van der Waals surface area contributed by atoms with Crippen LogP contribution in [0.25, 0.3) is 0 Å². The molecule has 0 aliphatic rings. The maximum atomic E-state index is 12.0. The van der Waals surface area contributed by atoms with Crippen molar-refractivity contribution < 1.29 is 53.7 Å². The first-order chi connectivity index (χ1) is 13.8. The molecule has 2 rings (SSSR count). The van der Waals surface area contributed by atoms with Gasteiger partial charge in [0.25, 0.3) is 0 Å². The van der Waals surface area contributed by atoms with Crippen molar-refractivity contribution in [2.24, 2.45) is 0 Å². The van der Waals surface area contributed by atoms with Gasteiger partial charge in [-0.2, -0.15) is 0 Å². The molecule has 0 bridgehead atoms. The Hall–Kier alpha value is 0.330. The van der Waals surface area contributed by atoms with Crippen molar-refractivity contribution in [1.29, 1.82) is 0 Å². The second-order valence-electron chi connectivity index (χ2n) is 5.92. The van der Waals surface area contributed by atoms with E-state index in [9.17, 15) is 14.7 Å². The number of hydrogen-bond acceptors (Lipinski definition) is 5. The molecular formula is C20H19I3NNaO5. The first-order valence-electron chi connectivity index (χ1n) is 8.73. The number of amides is 1. The van der Waals surface area contributed by atoms with Crippen LogP contribution >= 0.6 is 67.8 Å². The molecular weight excluding hydrogens is 738 g/mol. The molecule has 10 heteroatoms. The Morgan fingerprint density at radius 2 is 1.73 bits per heavy atom. The first-order valence-corrected chi connectivity index (χ1v) is 12.0. The molecule has 0 spiro atoms. The number of anilines is 1. The van der Waals surface area contributed by atoms with Crippen LogP contribution in [-0.2, 0) is 14.3 Å². The summed E-state index contributed by atoms with van der Waals surface area (Å²) in [6.07, 6.45) is -1.15. The van der Waals surface area contributed by atoms with Gasteiger partial charge in [-0.25, -0.2) is 0 Å². The Morgan fingerprint density at radius 1 is 1.10 bits per heavy atom. The van der Waals surface area contributed by atoms with E-state index in [-0.39, 0.29) is 48.7 Å². The average molecular weight is 757 g/mol. The third kappa shape index (κ3) is 7.44. The van der Waals surface area contributed by atoms with E-state index in [0.717, 1.165) is 16.4 Å². The Morgan fingerprint density at radius 3 is 2.27 bits per heavy atom. The standard InChI is InChI=1S/C20H20I3NO5.Na/c1-3-24(12(2)25)17-14(21)11-15(22)19(16(17)23)29-10-9-28-18(20(26)27)13-7-5-4-6-8-13;/h4-8,11,18H,3,9-10H2,1-2H3,(H,26,27);/q;+1/p-1. The summed E-state index contributed by atoms with van der Waals surface area (Å²) in [6, 6.07) is 10.6. The van der Waals surface area contributed by atoms with Gasteiger partial charge in [-0.3, -0.25) is 4.79 Å². The van der Waals surface area contributed by atoms with Crippen LogP contribution in [0.4, 0.5) is 5.69 Å². The smallest absolute Gasteiger partial charge is 0.547 e. The van der Waals surface area contributed by atoms with E-state index in [1.165, 1.54) is 6.92 Å². The zero-order valence-corrected chi connectivity index (χ0v) is 25.3. The summed E-state index contributed by atoms with van der Waals surface area (Å²) in [5, 5.41) is 11.4. The average Bonchev–Trinajstić information content (AvgIpc) is 2.67. The van der Waals surface area contributed by atoms with Gasteiger partial charge in [-0.15, -0.1) is 0 Å². The SMILES string of the molecule is CCN(C(C)=O)c1c(I)cc(I)c(OCCOC(C(=O)[O-])c2ccccc2)c1I.[Na+]. The van der Waals surface area contributed by atoms with Crippen molar-refractivity contribution in [2.45, 2.75) is 20.0 Å². The minimum absolute atomic E-state index is 0. The minimum Gasteiger partial charge on any atom is -0.547 e. The maximum absolute atomic E-state index is 12.0.